The lowest BCUT2D eigenvalue weighted by Gasteiger charge is -2.15. The van der Waals surface area contributed by atoms with Crippen LogP contribution >= 0.6 is 11.6 Å². The highest BCUT2D eigenvalue weighted by atomic mass is 35.5. The number of hydrogen-bond donors (Lipinski definition) is 3. The molecule has 3 N–H and O–H groups in total. The second kappa shape index (κ2) is 10.0. The van der Waals surface area contributed by atoms with Crippen molar-refractivity contribution in [3.05, 3.63) is 53.4 Å². The van der Waals surface area contributed by atoms with Gasteiger partial charge in [0.25, 0.3) is 5.91 Å². The van der Waals surface area contributed by atoms with Crippen molar-refractivity contribution in [3.63, 3.8) is 0 Å². The number of nitrogens with one attached hydrogen (secondary N) is 2. The van der Waals surface area contributed by atoms with Gasteiger partial charge >= 0.3 is 0 Å². The third-order valence-electron chi connectivity index (χ3n) is 5.35. The summed E-state index contributed by atoms with van der Waals surface area (Å²) in [4.78, 5) is 43.3. The van der Waals surface area contributed by atoms with Crippen molar-refractivity contribution in [1.82, 2.24) is 9.88 Å². The SMILES string of the molecule is O=C(CCCC(=O)N1CCC(O)C1)Nc1c(C(=O)Nc2ccc(Cl)cn2)oc2ccccc12. The predicted molar refractivity (Wildman–Crippen MR) is 123 cm³/mol. The van der Waals surface area contributed by atoms with Gasteiger partial charge in [0, 0.05) is 37.5 Å². The highest BCUT2D eigenvalue weighted by Crippen LogP contribution is 2.31. The van der Waals surface area contributed by atoms with Gasteiger partial charge in [-0.3, -0.25) is 14.4 Å². The Morgan fingerprint density at radius 2 is 1.97 bits per heavy atom. The number of aliphatic hydroxyl groups is 1. The molecule has 9 nitrogen and oxygen atoms in total. The van der Waals surface area contributed by atoms with Gasteiger partial charge in [0.05, 0.1) is 11.1 Å². The molecule has 1 saturated heterocycles. The molecule has 1 aromatic carbocycles. The molecule has 1 aliphatic rings. The number of rotatable bonds is 7. The summed E-state index contributed by atoms with van der Waals surface area (Å²) in [6.07, 6.45) is 2.17. The minimum absolute atomic E-state index is 0.0524. The molecular weight excluding hydrogens is 448 g/mol. The molecule has 0 radical (unpaired) electrons. The van der Waals surface area contributed by atoms with E-state index in [1.165, 1.54) is 6.20 Å². The van der Waals surface area contributed by atoms with Crippen molar-refractivity contribution in [3.8, 4) is 0 Å². The highest BCUT2D eigenvalue weighted by molar-refractivity contribution is 6.30. The normalized spacial score (nSPS) is 15.6. The molecule has 0 bridgehead atoms. The van der Waals surface area contributed by atoms with E-state index < -0.39 is 12.0 Å². The lowest BCUT2D eigenvalue weighted by atomic mass is 10.2. The first-order valence-corrected chi connectivity index (χ1v) is 11.0. The molecule has 3 amide bonds. The monoisotopic (exact) mass is 470 g/mol. The van der Waals surface area contributed by atoms with Crippen LogP contribution in [0.2, 0.25) is 5.02 Å². The van der Waals surface area contributed by atoms with Crippen molar-refractivity contribution >= 4 is 51.8 Å². The van der Waals surface area contributed by atoms with Gasteiger partial charge in [-0.1, -0.05) is 23.7 Å². The number of likely N-dealkylation sites (tertiary alicyclic amines) is 1. The molecule has 3 heterocycles. The molecule has 33 heavy (non-hydrogen) atoms. The van der Waals surface area contributed by atoms with Crippen molar-refractivity contribution < 1.29 is 23.9 Å². The lowest BCUT2D eigenvalue weighted by molar-refractivity contribution is -0.130. The largest absolute Gasteiger partial charge is 0.449 e. The molecule has 10 heteroatoms. The third kappa shape index (κ3) is 5.50. The maximum Gasteiger partial charge on any atom is 0.294 e. The molecule has 4 rings (SSSR count). The van der Waals surface area contributed by atoms with Crippen LogP contribution in [-0.2, 0) is 9.59 Å². The quantitative estimate of drug-likeness (QED) is 0.485. The van der Waals surface area contributed by atoms with E-state index in [0.717, 1.165) is 0 Å². The van der Waals surface area contributed by atoms with Crippen LogP contribution in [0.4, 0.5) is 11.5 Å². The van der Waals surface area contributed by atoms with Crippen molar-refractivity contribution in [2.45, 2.75) is 31.8 Å². The van der Waals surface area contributed by atoms with Crippen LogP contribution in [0.25, 0.3) is 11.0 Å². The average Bonchev–Trinajstić information content (AvgIpc) is 3.39. The molecule has 3 aromatic rings. The first-order valence-electron chi connectivity index (χ1n) is 10.6. The van der Waals surface area contributed by atoms with E-state index in [4.69, 9.17) is 16.0 Å². The van der Waals surface area contributed by atoms with Gasteiger partial charge < -0.3 is 25.1 Å². The number of aliphatic hydroxyl groups excluding tert-OH is 1. The van der Waals surface area contributed by atoms with Crippen molar-refractivity contribution in [1.29, 1.82) is 0 Å². The number of halogens is 1. The van der Waals surface area contributed by atoms with Gasteiger partial charge in [0.1, 0.15) is 17.1 Å². The number of anilines is 2. The number of carbonyl (C=O) groups excluding carboxylic acids is 3. The topological polar surface area (TPSA) is 125 Å². The number of β-amino-alcohol motifs (C(OH)–C–C–N with tert-alkyl or cyclic N) is 1. The van der Waals surface area contributed by atoms with Gasteiger partial charge in [-0.15, -0.1) is 0 Å². The molecule has 0 saturated carbocycles. The number of fused-ring (bicyclic) bond motifs is 1. The number of furan rings is 1. The van der Waals surface area contributed by atoms with Gasteiger partial charge in [-0.2, -0.15) is 0 Å². The molecule has 1 atom stereocenters. The van der Waals surface area contributed by atoms with E-state index in [1.807, 2.05) is 0 Å². The van der Waals surface area contributed by atoms with Crippen molar-refractivity contribution in [2.75, 3.05) is 23.7 Å². The van der Waals surface area contributed by atoms with Crippen LogP contribution in [0.15, 0.2) is 47.0 Å². The summed E-state index contributed by atoms with van der Waals surface area (Å²) in [5, 5.41) is 16.0. The molecular formula is C23H23ClN4O5. The van der Waals surface area contributed by atoms with E-state index >= 15 is 0 Å². The Balaban J connectivity index is 1.42. The number of amides is 3. The van der Waals surface area contributed by atoms with Crippen molar-refractivity contribution in [2.24, 2.45) is 0 Å². The molecule has 1 fully saturated rings. The number of nitrogens with zero attached hydrogens (tertiary/aromatic N) is 2. The number of benzene rings is 1. The van der Waals surface area contributed by atoms with Crippen LogP contribution in [0, 0.1) is 0 Å². The number of para-hydroxylation sites is 1. The fourth-order valence-electron chi connectivity index (χ4n) is 3.68. The zero-order chi connectivity index (χ0) is 23.4. The third-order valence-corrected chi connectivity index (χ3v) is 5.57. The standard InChI is InChI=1S/C23H23ClN4O5/c24-14-8-9-18(25-12-14)26-23(32)22-21(16-4-1-2-5-17(16)33-22)27-19(30)6-3-7-20(31)28-11-10-15(29)13-28/h1-2,4-5,8-9,12,15,29H,3,6-7,10-11,13H2,(H,27,30)(H,25,26,32). The summed E-state index contributed by atoms with van der Waals surface area (Å²) in [7, 11) is 0. The van der Waals surface area contributed by atoms with Gasteiger partial charge in [-0.05, 0) is 37.1 Å². The summed E-state index contributed by atoms with van der Waals surface area (Å²) in [6, 6.07) is 10.1. The first-order chi connectivity index (χ1) is 15.9. The Bertz CT molecular complexity index is 1180. The second-order valence-corrected chi connectivity index (χ2v) is 8.24. The zero-order valence-electron chi connectivity index (χ0n) is 17.7. The molecule has 172 valence electrons. The van der Waals surface area contributed by atoms with E-state index in [0.29, 0.717) is 41.9 Å². The number of aromatic nitrogens is 1. The Hall–Kier alpha value is -3.43. The molecule has 1 aliphatic heterocycles. The predicted octanol–water partition coefficient (Wildman–Crippen LogP) is 3.44. The Morgan fingerprint density at radius 3 is 2.70 bits per heavy atom. The fourth-order valence-corrected chi connectivity index (χ4v) is 3.79. The molecule has 2 aromatic heterocycles. The number of carbonyl (C=O) groups is 3. The summed E-state index contributed by atoms with van der Waals surface area (Å²) in [6.45, 7) is 0.876. The minimum Gasteiger partial charge on any atom is -0.449 e. The van der Waals surface area contributed by atoms with Gasteiger partial charge in [0.2, 0.25) is 17.6 Å². The maximum atomic E-state index is 12.8. The molecule has 0 aliphatic carbocycles. The first kappa shape index (κ1) is 22.8. The summed E-state index contributed by atoms with van der Waals surface area (Å²) < 4.78 is 5.71. The average molecular weight is 471 g/mol. The van der Waals surface area contributed by atoms with Gasteiger partial charge in [0.15, 0.2) is 0 Å². The molecule has 0 spiro atoms. The zero-order valence-corrected chi connectivity index (χ0v) is 18.5. The van der Waals surface area contributed by atoms with Crippen LogP contribution < -0.4 is 10.6 Å². The Morgan fingerprint density at radius 1 is 1.15 bits per heavy atom. The number of hydrogen-bond acceptors (Lipinski definition) is 6. The Kier molecular flexibility index (Phi) is 6.90. The van der Waals surface area contributed by atoms with Crippen LogP contribution in [0.1, 0.15) is 36.2 Å². The second-order valence-electron chi connectivity index (χ2n) is 7.80. The summed E-state index contributed by atoms with van der Waals surface area (Å²) >= 11 is 5.83. The highest BCUT2D eigenvalue weighted by Gasteiger charge is 2.25. The summed E-state index contributed by atoms with van der Waals surface area (Å²) in [5.41, 5.74) is 0.709. The van der Waals surface area contributed by atoms with E-state index in [2.05, 4.69) is 15.6 Å². The van der Waals surface area contributed by atoms with E-state index in [-0.39, 0.29) is 41.9 Å². The lowest BCUT2D eigenvalue weighted by Crippen LogP contribution is -2.29. The van der Waals surface area contributed by atoms with Crippen LogP contribution in [-0.4, -0.2) is 51.9 Å². The fraction of sp³-hybridized carbons (Fsp3) is 0.304. The minimum atomic E-state index is -0.570. The Labute approximate surface area is 194 Å². The van der Waals surface area contributed by atoms with E-state index in [1.54, 1.807) is 41.3 Å². The maximum absolute atomic E-state index is 12.8. The van der Waals surface area contributed by atoms with E-state index in [9.17, 15) is 19.5 Å². The molecule has 1 unspecified atom stereocenters. The van der Waals surface area contributed by atoms with Crippen LogP contribution in [0.3, 0.4) is 0 Å². The summed E-state index contributed by atoms with van der Waals surface area (Å²) in [5.74, 6) is -0.756. The number of pyridine rings is 1. The van der Waals surface area contributed by atoms with Gasteiger partial charge in [-0.25, -0.2) is 4.98 Å². The van der Waals surface area contributed by atoms with Crippen LogP contribution in [0.5, 0.6) is 0 Å². The smallest absolute Gasteiger partial charge is 0.294 e.